The summed E-state index contributed by atoms with van der Waals surface area (Å²) < 4.78 is 108. The second-order valence-corrected chi connectivity index (χ2v) is 9.47. The third kappa shape index (κ3) is 3.04. The predicted molar refractivity (Wildman–Crippen MR) is 98.8 cm³/mol. The number of halogens is 6. The van der Waals surface area contributed by atoms with Crippen molar-refractivity contribution >= 4 is 10.0 Å². The molecule has 1 aromatic heterocycles. The molecule has 3 aromatic rings. The molecular weight excluding hydrogens is 460 g/mol. The van der Waals surface area contributed by atoms with E-state index in [4.69, 9.17) is 0 Å². The van der Waals surface area contributed by atoms with Gasteiger partial charge in [0.15, 0.2) is 0 Å². The average Bonchev–Trinajstić information content (AvgIpc) is 3.28. The highest BCUT2D eigenvalue weighted by molar-refractivity contribution is 7.89. The molecule has 5 nitrogen and oxygen atoms in total. The first-order valence-corrected chi connectivity index (χ1v) is 10.8. The molecule has 0 saturated carbocycles. The summed E-state index contributed by atoms with van der Waals surface area (Å²) in [4.78, 5) is -0.585. The lowest BCUT2D eigenvalue weighted by Gasteiger charge is -2.33. The highest BCUT2D eigenvalue weighted by atomic mass is 32.2. The third-order valence-electron chi connectivity index (χ3n) is 5.81. The smallest absolute Gasteiger partial charge is 0.282 e. The molecule has 0 unspecified atom stereocenters. The van der Waals surface area contributed by atoms with Crippen LogP contribution in [0.2, 0.25) is 0 Å². The van der Waals surface area contributed by atoms with E-state index in [1.807, 2.05) is 0 Å². The third-order valence-corrected chi connectivity index (χ3v) is 7.68. The van der Waals surface area contributed by atoms with Gasteiger partial charge in [0.05, 0.1) is 34.3 Å². The summed E-state index contributed by atoms with van der Waals surface area (Å²) in [5.74, 6) is 0. The van der Waals surface area contributed by atoms with Crippen molar-refractivity contribution in [2.75, 3.05) is 0 Å². The number of hydrogen-bond acceptors (Lipinski definition) is 3. The largest absolute Gasteiger partial charge is 0.416 e. The number of sulfonamides is 1. The van der Waals surface area contributed by atoms with Crippen molar-refractivity contribution in [3.63, 3.8) is 0 Å². The van der Waals surface area contributed by atoms with Crippen LogP contribution in [-0.2, 0) is 28.8 Å². The SMILES string of the molecule is O=S(=O)(c1cccc(C(F)(F)F)c1)N1[C@@H]2c3cc(C(F)(F)F)ccc3[C@H]1Cc1[nH]ncc12. The lowest BCUT2D eigenvalue weighted by atomic mass is 9.98. The lowest BCUT2D eigenvalue weighted by Crippen LogP contribution is -2.37. The fourth-order valence-electron chi connectivity index (χ4n) is 4.43. The van der Waals surface area contributed by atoms with E-state index < -0.39 is 50.5 Å². The van der Waals surface area contributed by atoms with Gasteiger partial charge in [0.25, 0.3) is 0 Å². The molecule has 0 radical (unpaired) electrons. The first-order valence-electron chi connectivity index (χ1n) is 9.33. The first-order chi connectivity index (χ1) is 14.9. The summed E-state index contributed by atoms with van der Waals surface area (Å²) in [7, 11) is -4.51. The molecule has 0 fully saturated rings. The summed E-state index contributed by atoms with van der Waals surface area (Å²) in [5.41, 5.74) is -0.618. The number of nitrogens with zero attached hydrogens (tertiary/aromatic N) is 2. The maximum Gasteiger partial charge on any atom is 0.416 e. The Labute approximate surface area is 177 Å². The molecule has 2 bridgehead atoms. The Morgan fingerprint density at radius 1 is 0.906 bits per heavy atom. The van der Waals surface area contributed by atoms with Crippen LogP contribution in [0.25, 0.3) is 0 Å². The van der Waals surface area contributed by atoms with Crippen molar-refractivity contribution in [1.29, 1.82) is 0 Å². The van der Waals surface area contributed by atoms with Crippen LogP contribution in [-0.4, -0.2) is 22.9 Å². The van der Waals surface area contributed by atoms with E-state index in [0.717, 1.165) is 34.6 Å². The summed E-state index contributed by atoms with van der Waals surface area (Å²) in [5, 5.41) is 6.62. The Morgan fingerprint density at radius 2 is 1.59 bits per heavy atom. The fraction of sp³-hybridized carbons (Fsp3) is 0.250. The lowest BCUT2D eigenvalue weighted by molar-refractivity contribution is -0.138. The van der Waals surface area contributed by atoms with Crippen molar-refractivity contribution in [3.8, 4) is 0 Å². The van der Waals surface area contributed by atoms with Gasteiger partial charge in [0.1, 0.15) is 0 Å². The van der Waals surface area contributed by atoms with Gasteiger partial charge in [-0.2, -0.15) is 35.7 Å². The molecule has 168 valence electrons. The number of rotatable bonds is 2. The van der Waals surface area contributed by atoms with Gasteiger partial charge in [-0.25, -0.2) is 8.42 Å². The number of benzene rings is 2. The van der Waals surface area contributed by atoms with Crippen LogP contribution in [0.15, 0.2) is 53.6 Å². The van der Waals surface area contributed by atoms with E-state index in [0.29, 0.717) is 22.9 Å². The van der Waals surface area contributed by atoms with E-state index in [1.54, 1.807) is 0 Å². The van der Waals surface area contributed by atoms with Crippen LogP contribution in [0.5, 0.6) is 0 Å². The minimum Gasteiger partial charge on any atom is -0.282 e. The van der Waals surface area contributed by atoms with E-state index in [9.17, 15) is 34.8 Å². The molecule has 2 atom stereocenters. The molecule has 2 aliphatic rings. The summed E-state index contributed by atoms with van der Waals surface area (Å²) >= 11 is 0. The standard InChI is InChI=1S/C20H13F6N3O2S/c21-19(22,23)10-2-1-3-12(6-10)32(30,31)29-17-8-16-15(9-27-28-16)18(29)14-7-11(20(24,25)26)4-5-13(14)17/h1-7,9,17-18H,8H2,(H,27,28)/t17-,18-/m1/s1. The topological polar surface area (TPSA) is 66.1 Å². The van der Waals surface area contributed by atoms with Crippen LogP contribution in [0.1, 0.15) is 45.6 Å². The number of hydrogen-bond donors (Lipinski definition) is 1. The maximum absolute atomic E-state index is 13.5. The van der Waals surface area contributed by atoms with Crippen molar-refractivity contribution < 1.29 is 34.8 Å². The van der Waals surface area contributed by atoms with Crippen molar-refractivity contribution in [2.24, 2.45) is 0 Å². The second-order valence-electron chi connectivity index (χ2n) is 7.63. The van der Waals surface area contributed by atoms with Gasteiger partial charge in [0.2, 0.25) is 10.0 Å². The molecule has 1 N–H and O–H groups in total. The number of H-pyrrole nitrogens is 1. The first kappa shape index (κ1) is 21.0. The molecule has 3 heterocycles. The van der Waals surface area contributed by atoms with Gasteiger partial charge in [-0.1, -0.05) is 12.1 Å². The Kier molecular flexibility index (Phi) is 4.32. The van der Waals surface area contributed by atoms with Gasteiger partial charge in [0, 0.05) is 17.7 Å². The predicted octanol–water partition coefficient (Wildman–Crippen LogP) is 4.84. The molecule has 12 heteroatoms. The quantitative estimate of drug-likeness (QED) is 0.542. The van der Waals surface area contributed by atoms with Crippen LogP contribution in [0.3, 0.4) is 0 Å². The van der Waals surface area contributed by atoms with Gasteiger partial charge >= 0.3 is 12.4 Å². The van der Waals surface area contributed by atoms with E-state index in [1.165, 1.54) is 12.3 Å². The molecule has 32 heavy (non-hydrogen) atoms. The van der Waals surface area contributed by atoms with Crippen LogP contribution < -0.4 is 0 Å². The van der Waals surface area contributed by atoms with E-state index >= 15 is 0 Å². The van der Waals surface area contributed by atoms with Crippen LogP contribution >= 0.6 is 0 Å². The number of aromatic amines is 1. The Hall–Kier alpha value is -2.86. The monoisotopic (exact) mass is 473 g/mol. The minimum atomic E-state index is -4.76. The fourth-order valence-corrected chi connectivity index (χ4v) is 6.22. The molecule has 0 saturated heterocycles. The number of alkyl halides is 6. The molecule has 2 aliphatic heterocycles. The molecular formula is C20H13F6N3O2S. The Bertz CT molecular complexity index is 1330. The van der Waals surface area contributed by atoms with Gasteiger partial charge in [-0.3, -0.25) is 5.10 Å². The number of fused-ring (bicyclic) bond motifs is 7. The van der Waals surface area contributed by atoms with Gasteiger partial charge < -0.3 is 0 Å². The van der Waals surface area contributed by atoms with E-state index in [-0.39, 0.29) is 12.0 Å². The summed E-state index contributed by atoms with van der Waals surface area (Å²) in [6, 6.07) is 4.30. The number of aromatic nitrogens is 2. The zero-order valence-electron chi connectivity index (χ0n) is 15.9. The second kappa shape index (κ2) is 6.58. The Morgan fingerprint density at radius 3 is 2.28 bits per heavy atom. The molecule has 0 aliphatic carbocycles. The minimum absolute atomic E-state index is 0.0996. The molecule has 5 rings (SSSR count). The van der Waals surface area contributed by atoms with Gasteiger partial charge in [-0.05, 0) is 41.5 Å². The molecule has 0 spiro atoms. The maximum atomic E-state index is 13.5. The van der Waals surface area contributed by atoms with Crippen molar-refractivity contribution in [3.05, 3.63) is 82.2 Å². The van der Waals surface area contributed by atoms with Crippen LogP contribution in [0.4, 0.5) is 26.3 Å². The van der Waals surface area contributed by atoms with Crippen molar-refractivity contribution in [1.82, 2.24) is 14.5 Å². The molecule has 2 aromatic carbocycles. The zero-order valence-corrected chi connectivity index (χ0v) is 16.7. The van der Waals surface area contributed by atoms with Gasteiger partial charge in [-0.15, -0.1) is 0 Å². The van der Waals surface area contributed by atoms with Crippen LogP contribution in [0, 0.1) is 0 Å². The molecule has 0 amide bonds. The number of nitrogens with one attached hydrogen (secondary N) is 1. The summed E-state index contributed by atoms with van der Waals surface area (Å²) in [6.45, 7) is 0. The Balaban J connectivity index is 1.69. The average molecular weight is 473 g/mol. The highest BCUT2D eigenvalue weighted by Crippen LogP contribution is 2.54. The zero-order chi connectivity index (χ0) is 23.1. The van der Waals surface area contributed by atoms with E-state index in [2.05, 4.69) is 10.2 Å². The summed E-state index contributed by atoms with van der Waals surface area (Å²) in [6.07, 6.45) is -7.97. The highest BCUT2D eigenvalue weighted by Gasteiger charge is 2.51. The van der Waals surface area contributed by atoms with Crippen molar-refractivity contribution in [2.45, 2.75) is 35.8 Å². The normalized spacial score (nSPS) is 20.8.